The van der Waals surface area contributed by atoms with Crippen molar-refractivity contribution in [3.8, 4) is 0 Å². The van der Waals surface area contributed by atoms with Crippen molar-refractivity contribution in [2.45, 2.75) is 38.5 Å². The first-order chi connectivity index (χ1) is 12.1. The van der Waals surface area contributed by atoms with Crippen LogP contribution in [0.2, 0.25) is 0 Å². The molecule has 2 saturated heterocycles. The fourth-order valence-corrected chi connectivity index (χ4v) is 3.96. The Balaban J connectivity index is 1.44. The van der Waals surface area contributed by atoms with Gasteiger partial charge < -0.3 is 10.0 Å². The van der Waals surface area contributed by atoms with Gasteiger partial charge in [0.1, 0.15) is 0 Å². The van der Waals surface area contributed by atoms with Crippen LogP contribution in [0.25, 0.3) is 0 Å². The molecule has 5 heteroatoms. The number of hydrogen-bond acceptors (Lipinski definition) is 3. The number of piperidine rings is 1. The highest BCUT2D eigenvalue weighted by Crippen LogP contribution is 2.21. The Bertz CT molecular complexity index is 593. The minimum absolute atomic E-state index is 0.0795. The van der Waals surface area contributed by atoms with Crippen molar-refractivity contribution in [2.24, 2.45) is 5.92 Å². The van der Waals surface area contributed by atoms with E-state index in [1.54, 1.807) is 0 Å². The van der Waals surface area contributed by atoms with E-state index >= 15 is 0 Å². The lowest BCUT2D eigenvalue weighted by atomic mass is 9.97. The summed E-state index contributed by atoms with van der Waals surface area (Å²) in [6.07, 6.45) is 5.75. The third-order valence-corrected chi connectivity index (χ3v) is 5.34. The molecule has 1 amide bonds. The average Bonchev–Trinajstić information content (AvgIpc) is 3.04. The Hall–Kier alpha value is -1.88. The lowest BCUT2D eigenvalue weighted by Crippen LogP contribution is -2.42. The smallest absolute Gasteiger partial charge is 0.307 e. The van der Waals surface area contributed by atoms with Crippen LogP contribution in [-0.2, 0) is 22.4 Å². The second-order valence-electron chi connectivity index (χ2n) is 7.42. The summed E-state index contributed by atoms with van der Waals surface area (Å²) in [5, 5.41) is 8.82. The SMILES string of the molecule is O=C(O)Cc1ccc(CC2CCN(CC(=O)N3CCCCC3)C2)cc1. The van der Waals surface area contributed by atoms with E-state index < -0.39 is 5.97 Å². The maximum absolute atomic E-state index is 12.4. The van der Waals surface area contributed by atoms with Crippen LogP contribution >= 0.6 is 0 Å². The lowest BCUT2D eigenvalue weighted by molar-refractivity contribution is -0.136. The Labute approximate surface area is 149 Å². The van der Waals surface area contributed by atoms with Crippen LogP contribution in [0.5, 0.6) is 0 Å². The van der Waals surface area contributed by atoms with Gasteiger partial charge in [-0.15, -0.1) is 0 Å². The molecule has 0 aliphatic carbocycles. The lowest BCUT2D eigenvalue weighted by Gasteiger charge is -2.28. The second kappa shape index (κ2) is 8.48. The fraction of sp³-hybridized carbons (Fsp3) is 0.600. The molecule has 0 bridgehead atoms. The minimum atomic E-state index is -0.794. The van der Waals surface area contributed by atoms with Gasteiger partial charge in [0.05, 0.1) is 13.0 Å². The molecule has 0 aromatic heterocycles. The first-order valence-corrected chi connectivity index (χ1v) is 9.40. The predicted molar refractivity (Wildman–Crippen MR) is 96.5 cm³/mol. The Kier molecular flexibility index (Phi) is 6.08. The van der Waals surface area contributed by atoms with Crippen LogP contribution in [0.1, 0.15) is 36.8 Å². The molecule has 2 aliphatic heterocycles. The van der Waals surface area contributed by atoms with Gasteiger partial charge in [-0.25, -0.2) is 0 Å². The second-order valence-corrected chi connectivity index (χ2v) is 7.42. The summed E-state index contributed by atoms with van der Waals surface area (Å²) in [7, 11) is 0. The van der Waals surface area contributed by atoms with E-state index in [4.69, 9.17) is 5.11 Å². The molecular formula is C20H28N2O3. The number of rotatable bonds is 6. The molecule has 5 nitrogen and oxygen atoms in total. The first-order valence-electron chi connectivity index (χ1n) is 9.40. The molecule has 2 aliphatic rings. The zero-order valence-corrected chi connectivity index (χ0v) is 14.8. The third-order valence-electron chi connectivity index (χ3n) is 5.34. The van der Waals surface area contributed by atoms with E-state index in [1.807, 2.05) is 29.2 Å². The quantitative estimate of drug-likeness (QED) is 0.859. The van der Waals surface area contributed by atoms with Crippen LogP contribution in [0.3, 0.4) is 0 Å². The first kappa shape index (κ1) is 17.9. The third kappa shape index (κ3) is 5.30. The summed E-state index contributed by atoms with van der Waals surface area (Å²) in [6, 6.07) is 7.91. The molecule has 1 aromatic carbocycles. The van der Waals surface area contributed by atoms with Gasteiger partial charge in [0.15, 0.2) is 0 Å². The van der Waals surface area contributed by atoms with E-state index in [-0.39, 0.29) is 6.42 Å². The van der Waals surface area contributed by atoms with Gasteiger partial charge in [-0.1, -0.05) is 24.3 Å². The van der Waals surface area contributed by atoms with Crippen molar-refractivity contribution in [2.75, 3.05) is 32.7 Å². The van der Waals surface area contributed by atoms with Crippen molar-refractivity contribution >= 4 is 11.9 Å². The van der Waals surface area contributed by atoms with Crippen molar-refractivity contribution in [3.63, 3.8) is 0 Å². The van der Waals surface area contributed by atoms with Gasteiger partial charge in [0.2, 0.25) is 5.91 Å². The molecule has 2 heterocycles. The number of aliphatic carboxylic acids is 1. The average molecular weight is 344 g/mol. The monoisotopic (exact) mass is 344 g/mol. The highest BCUT2D eigenvalue weighted by molar-refractivity contribution is 5.78. The van der Waals surface area contributed by atoms with Crippen molar-refractivity contribution < 1.29 is 14.7 Å². The van der Waals surface area contributed by atoms with Gasteiger partial charge in [-0.2, -0.15) is 0 Å². The number of carbonyl (C=O) groups excluding carboxylic acids is 1. The Morgan fingerprint density at radius 3 is 2.36 bits per heavy atom. The summed E-state index contributed by atoms with van der Waals surface area (Å²) in [5.74, 6) is 0.0791. The number of carboxylic acid groups (broad SMARTS) is 1. The zero-order valence-electron chi connectivity index (χ0n) is 14.8. The fourth-order valence-electron chi connectivity index (χ4n) is 3.96. The number of likely N-dealkylation sites (tertiary alicyclic amines) is 2. The number of carboxylic acids is 1. The molecule has 2 fully saturated rings. The molecule has 1 atom stereocenters. The summed E-state index contributed by atoms with van der Waals surface area (Å²) in [4.78, 5) is 27.4. The molecular weight excluding hydrogens is 316 g/mol. The number of carbonyl (C=O) groups is 2. The topological polar surface area (TPSA) is 60.9 Å². The Morgan fingerprint density at radius 2 is 1.68 bits per heavy atom. The number of hydrogen-bond donors (Lipinski definition) is 1. The van der Waals surface area contributed by atoms with Gasteiger partial charge >= 0.3 is 5.97 Å². The Morgan fingerprint density at radius 1 is 1.00 bits per heavy atom. The molecule has 0 radical (unpaired) electrons. The number of nitrogens with zero attached hydrogens (tertiary/aromatic N) is 2. The minimum Gasteiger partial charge on any atom is -0.481 e. The molecule has 1 unspecified atom stereocenters. The van der Waals surface area contributed by atoms with E-state index in [9.17, 15) is 9.59 Å². The number of amides is 1. The van der Waals surface area contributed by atoms with E-state index in [1.165, 1.54) is 12.0 Å². The van der Waals surface area contributed by atoms with Crippen LogP contribution in [0.15, 0.2) is 24.3 Å². The van der Waals surface area contributed by atoms with Crippen LogP contribution in [-0.4, -0.2) is 59.5 Å². The van der Waals surface area contributed by atoms with Crippen LogP contribution < -0.4 is 0 Å². The van der Waals surface area contributed by atoms with E-state index in [0.717, 1.165) is 57.4 Å². The summed E-state index contributed by atoms with van der Waals surface area (Å²) in [6.45, 7) is 4.41. The molecule has 0 spiro atoms. The molecule has 25 heavy (non-hydrogen) atoms. The van der Waals surface area contributed by atoms with Crippen molar-refractivity contribution in [3.05, 3.63) is 35.4 Å². The van der Waals surface area contributed by atoms with Crippen LogP contribution in [0.4, 0.5) is 0 Å². The molecule has 1 aromatic rings. The van der Waals surface area contributed by atoms with Crippen molar-refractivity contribution in [1.82, 2.24) is 9.80 Å². The maximum Gasteiger partial charge on any atom is 0.307 e. The molecule has 136 valence electrons. The van der Waals surface area contributed by atoms with E-state index in [0.29, 0.717) is 18.4 Å². The number of benzene rings is 1. The van der Waals surface area contributed by atoms with Gasteiger partial charge in [0.25, 0.3) is 0 Å². The predicted octanol–water partition coefficient (Wildman–Crippen LogP) is 2.19. The van der Waals surface area contributed by atoms with Gasteiger partial charge in [-0.3, -0.25) is 14.5 Å². The zero-order chi connectivity index (χ0) is 17.6. The largest absolute Gasteiger partial charge is 0.481 e. The molecule has 3 rings (SSSR count). The van der Waals surface area contributed by atoms with E-state index in [2.05, 4.69) is 4.90 Å². The highest BCUT2D eigenvalue weighted by Gasteiger charge is 2.26. The maximum atomic E-state index is 12.4. The summed E-state index contributed by atoms with van der Waals surface area (Å²) in [5.41, 5.74) is 2.10. The summed E-state index contributed by atoms with van der Waals surface area (Å²) < 4.78 is 0. The summed E-state index contributed by atoms with van der Waals surface area (Å²) >= 11 is 0. The highest BCUT2D eigenvalue weighted by atomic mass is 16.4. The standard InChI is InChI=1S/C20H28N2O3/c23-19(22-9-2-1-3-10-22)15-21-11-8-18(14-21)12-16-4-6-17(7-5-16)13-20(24)25/h4-7,18H,1-3,8-15H2,(H,24,25). The molecule has 0 saturated carbocycles. The van der Waals surface area contributed by atoms with Crippen molar-refractivity contribution in [1.29, 1.82) is 0 Å². The molecule has 1 N–H and O–H groups in total. The van der Waals surface area contributed by atoms with Gasteiger partial charge in [-0.05, 0) is 55.7 Å². The van der Waals surface area contributed by atoms with Crippen LogP contribution in [0, 0.1) is 5.92 Å². The van der Waals surface area contributed by atoms with Gasteiger partial charge in [0, 0.05) is 19.6 Å². The normalized spacial score (nSPS) is 21.4.